The normalized spacial score (nSPS) is 12.0. The van der Waals surface area contributed by atoms with Crippen LogP contribution in [-0.2, 0) is 11.3 Å². The predicted molar refractivity (Wildman–Crippen MR) is 94.4 cm³/mol. The Morgan fingerprint density at radius 1 is 1.10 bits per heavy atom. The molecule has 3 nitrogen and oxygen atoms in total. The van der Waals surface area contributed by atoms with Crippen LogP contribution in [-0.4, -0.2) is 19.5 Å². The van der Waals surface area contributed by atoms with Crippen LogP contribution in [0, 0.1) is 10.5 Å². The predicted octanol–water partition coefficient (Wildman–Crippen LogP) is 2.25. The average molecular weight is 395 g/mol. The van der Waals surface area contributed by atoms with Gasteiger partial charge in [-0.2, -0.15) is 0 Å². The fraction of sp³-hybridized carbons (Fsp3) is 0.235. The number of benzene rings is 2. The molecule has 0 aliphatic heterocycles. The molecule has 1 atom stereocenters. The quantitative estimate of drug-likeness (QED) is 0.749. The number of carbonyl (C=O) groups is 1. The molecule has 21 heavy (non-hydrogen) atoms. The van der Waals surface area contributed by atoms with Crippen molar-refractivity contribution in [3.05, 3.63) is 63.2 Å². The van der Waals surface area contributed by atoms with E-state index in [1.807, 2.05) is 31.3 Å². The van der Waals surface area contributed by atoms with Crippen molar-refractivity contribution < 1.29 is 9.69 Å². The Bertz CT molecular complexity index is 593. The van der Waals surface area contributed by atoms with E-state index in [-0.39, 0.29) is 5.91 Å². The maximum absolute atomic E-state index is 12.0. The maximum Gasteiger partial charge on any atom is 0.279 e. The van der Waals surface area contributed by atoms with E-state index < -0.39 is 0 Å². The molecule has 2 aromatic carbocycles. The van der Waals surface area contributed by atoms with Crippen molar-refractivity contribution in [3.63, 3.8) is 0 Å². The van der Waals surface area contributed by atoms with Gasteiger partial charge in [0.05, 0.1) is 7.05 Å². The molecule has 0 radical (unpaired) electrons. The lowest BCUT2D eigenvalue weighted by molar-refractivity contribution is -0.885. The lowest BCUT2D eigenvalue weighted by Crippen LogP contribution is -3.08. The lowest BCUT2D eigenvalue weighted by Gasteiger charge is -2.14. The average Bonchev–Trinajstić information content (AvgIpc) is 2.44. The summed E-state index contributed by atoms with van der Waals surface area (Å²) < 4.78 is 1.16. The molecule has 2 rings (SSSR count). The van der Waals surface area contributed by atoms with Gasteiger partial charge in [-0.1, -0.05) is 29.8 Å². The minimum atomic E-state index is 0.0424. The van der Waals surface area contributed by atoms with E-state index in [9.17, 15) is 4.79 Å². The minimum Gasteiger partial charge on any atom is -0.326 e. The van der Waals surface area contributed by atoms with E-state index in [2.05, 4.69) is 59.1 Å². The second-order valence-corrected chi connectivity index (χ2v) is 6.60. The van der Waals surface area contributed by atoms with Crippen LogP contribution in [0.4, 0.5) is 5.69 Å². The molecule has 1 unspecified atom stereocenters. The summed E-state index contributed by atoms with van der Waals surface area (Å²) >= 11 is 2.25. The molecule has 0 aromatic heterocycles. The van der Waals surface area contributed by atoms with Crippen LogP contribution in [0.25, 0.3) is 0 Å². The Hall–Kier alpha value is -1.40. The molecular formula is C17H20IN2O+. The van der Waals surface area contributed by atoms with Gasteiger partial charge < -0.3 is 10.2 Å². The molecule has 0 saturated heterocycles. The van der Waals surface area contributed by atoms with E-state index in [0.717, 1.165) is 15.8 Å². The van der Waals surface area contributed by atoms with Gasteiger partial charge in [-0.15, -0.1) is 0 Å². The Balaban J connectivity index is 1.84. The molecule has 2 aromatic rings. The summed E-state index contributed by atoms with van der Waals surface area (Å²) in [5.41, 5.74) is 3.36. The van der Waals surface area contributed by atoms with Crippen molar-refractivity contribution in [2.24, 2.45) is 0 Å². The van der Waals surface area contributed by atoms with Crippen LogP contribution in [0.5, 0.6) is 0 Å². The van der Waals surface area contributed by atoms with E-state index >= 15 is 0 Å². The highest BCUT2D eigenvalue weighted by Crippen LogP contribution is 2.10. The molecule has 0 fully saturated rings. The van der Waals surface area contributed by atoms with Crippen molar-refractivity contribution in [1.82, 2.24) is 0 Å². The Kier molecular flexibility index (Phi) is 5.76. The summed E-state index contributed by atoms with van der Waals surface area (Å²) in [4.78, 5) is 13.2. The molecule has 0 aliphatic carbocycles. The smallest absolute Gasteiger partial charge is 0.279 e. The third-order valence-corrected chi connectivity index (χ3v) is 3.94. The number of quaternary nitrogens is 1. The fourth-order valence-electron chi connectivity index (χ4n) is 2.13. The van der Waals surface area contributed by atoms with Gasteiger partial charge in [-0.05, 0) is 53.8 Å². The first kappa shape index (κ1) is 16.0. The summed E-state index contributed by atoms with van der Waals surface area (Å²) in [5.74, 6) is 0.0424. The Morgan fingerprint density at radius 3 is 2.33 bits per heavy atom. The van der Waals surface area contributed by atoms with E-state index in [4.69, 9.17) is 0 Å². The van der Waals surface area contributed by atoms with Crippen molar-refractivity contribution in [2.75, 3.05) is 18.9 Å². The number of hydrogen-bond donors (Lipinski definition) is 2. The Labute approximate surface area is 139 Å². The lowest BCUT2D eigenvalue weighted by atomic mass is 10.1. The van der Waals surface area contributed by atoms with E-state index in [1.165, 1.54) is 16.0 Å². The Morgan fingerprint density at radius 2 is 1.71 bits per heavy atom. The van der Waals surface area contributed by atoms with Gasteiger partial charge in [0.15, 0.2) is 6.54 Å². The zero-order valence-electron chi connectivity index (χ0n) is 12.3. The first-order valence-corrected chi connectivity index (χ1v) is 8.03. The van der Waals surface area contributed by atoms with Crippen LogP contribution in [0.15, 0.2) is 48.5 Å². The third kappa shape index (κ3) is 5.47. The number of rotatable bonds is 5. The molecule has 0 aliphatic rings. The first-order valence-electron chi connectivity index (χ1n) is 6.95. The van der Waals surface area contributed by atoms with Crippen LogP contribution < -0.4 is 10.2 Å². The largest absolute Gasteiger partial charge is 0.326 e. The topological polar surface area (TPSA) is 33.5 Å². The first-order chi connectivity index (χ1) is 10.0. The second-order valence-electron chi connectivity index (χ2n) is 5.35. The van der Waals surface area contributed by atoms with Crippen molar-refractivity contribution in [3.8, 4) is 0 Å². The van der Waals surface area contributed by atoms with Crippen LogP contribution in [0.1, 0.15) is 11.1 Å². The van der Waals surface area contributed by atoms with Gasteiger partial charge in [-0.3, -0.25) is 4.79 Å². The SMILES string of the molecule is Cc1ccc(C[NH+](C)CC(=O)Nc2ccc(I)cc2)cc1. The number of likely N-dealkylation sites (N-methyl/N-ethyl adjacent to an activating group) is 1. The molecule has 2 N–H and O–H groups in total. The zero-order valence-corrected chi connectivity index (χ0v) is 14.5. The highest BCUT2D eigenvalue weighted by atomic mass is 127. The molecule has 0 bridgehead atoms. The number of aryl methyl sites for hydroxylation is 1. The molecule has 0 saturated carbocycles. The summed E-state index contributed by atoms with van der Waals surface area (Å²) in [6, 6.07) is 16.3. The van der Waals surface area contributed by atoms with Crippen LogP contribution in [0.2, 0.25) is 0 Å². The highest BCUT2D eigenvalue weighted by Gasteiger charge is 2.10. The van der Waals surface area contributed by atoms with Gasteiger partial charge in [0.25, 0.3) is 5.91 Å². The third-order valence-electron chi connectivity index (χ3n) is 3.22. The van der Waals surface area contributed by atoms with Gasteiger partial charge >= 0.3 is 0 Å². The number of carbonyl (C=O) groups excluding carboxylic acids is 1. The number of amides is 1. The van der Waals surface area contributed by atoms with E-state index in [0.29, 0.717) is 6.54 Å². The number of hydrogen-bond acceptors (Lipinski definition) is 1. The van der Waals surface area contributed by atoms with Gasteiger partial charge in [0.1, 0.15) is 6.54 Å². The standard InChI is InChI=1S/C17H19IN2O/c1-13-3-5-14(6-4-13)11-20(2)12-17(21)19-16-9-7-15(18)8-10-16/h3-10H,11-12H2,1-2H3,(H,19,21)/p+1. The van der Waals surface area contributed by atoms with Crippen LogP contribution >= 0.6 is 22.6 Å². The molecule has 1 amide bonds. The van der Waals surface area contributed by atoms with Crippen LogP contribution in [0.3, 0.4) is 0 Å². The minimum absolute atomic E-state index is 0.0424. The number of halogens is 1. The van der Waals surface area contributed by atoms with Gasteiger partial charge in [-0.25, -0.2) is 0 Å². The summed E-state index contributed by atoms with van der Waals surface area (Å²) in [6.45, 7) is 3.38. The molecule has 4 heteroatoms. The maximum atomic E-state index is 12.0. The van der Waals surface area contributed by atoms with Crippen molar-refractivity contribution >= 4 is 34.2 Å². The molecule has 0 heterocycles. The highest BCUT2D eigenvalue weighted by molar-refractivity contribution is 14.1. The van der Waals surface area contributed by atoms with Gasteiger partial charge in [0, 0.05) is 14.8 Å². The monoisotopic (exact) mass is 395 g/mol. The summed E-state index contributed by atoms with van der Waals surface area (Å²) in [6.07, 6.45) is 0. The van der Waals surface area contributed by atoms with Crippen molar-refractivity contribution in [1.29, 1.82) is 0 Å². The number of anilines is 1. The molecule has 110 valence electrons. The van der Waals surface area contributed by atoms with E-state index in [1.54, 1.807) is 0 Å². The molecule has 0 spiro atoms. The summed E-state index contributed by atoms with van der Waals surface area (Å²) in [7, 11) is 2.04. The fourth-order valence-corrected chi connectivity index (χ4v) is 2.49. The van der Waals surface area contributed by atoms with Crippen molar-refractivity contribution in [2.45, 2.75) is 13.5 Å². The van der Waals surface area contributed by atoms with Gasteiger partial charge in [0.2, 0.25) is 0 Å². The number of nitrogens with one attached hydrogen (secondary N) is 2. The molecular weight excluding hydrogens is 375 g/mol. The zero-order chi connectivity index (χ0) is 15.2. The second kappa shape index (κ2) is 7.56. The summed E-state index contributed by atoms with van der Waals surface area (Å²) in [5, 5.41) is 2.93.